The van der Waals surface area contributed by atoms with Gasteiger partial charge in [0.05, 0.1) is 12.0 Å². The van der Waals surface area contributed by atoms with Crippen molar-refractivity contribution < 1.29 is 8.94 Å². The standard InChI is InChI=1S/C16H12N4O2/c1-20-13(7-8-17-20)11-4-2-5-12(10-11)15-18-16(22-19-15)14-6-3-9-21-14/h2-10H,1H3. The molecular weight excluding hydrogens is 280 g/mol. The number of hydrogen-bond acceptors (Lipinski definition) is 5. The summed E-state index contributed by atoms with van der Waals surface area (Å²) in [7, 11) is 1.91. The van der Waals surface area contributed by atoms with E-state index < -0.39 is 0 Å². The molecule has 0 aliphatic heterocycles. The molecule has 0 spiro atoms. The Morgan fingerprint density at radius 2 is 1.95 bits per heavy atom. The molecule has 4 aromatic rings. The molecule has 0 bridgehead atoms. The van der Waals surface area contributed by atoms with Gasteiger partial charge in [0.2, 0.25) is 5.82 Å². The van der Waals surface area contributed by atoms with Crippen molar-refractivity contribution in [2.45, 2.75) is 0 Å². The van der Waals surface area contributed by atoms with Gasteiger partial charge in [0.15, 0.2) is 5.76 Å². The molecule has 4 rings (SSSR count). The number of nitrogens with zero attached hydrogens (tertiary/aromatic N) is 4. The molecule has 0 amide bonds. The molecule has 3 heterocycles. The molecule has 22 heavy (non-hydrogen) atoms. The van der Waals surface area contributed by atoms with Crippen molar-refractivity contribution in [2.24, 2.45) is 7.05 Å². The summed E-state index contributed by atoms with van der Waals surface area (Å²) in [4.78, 5) is 4.37. The van der Waals surface area contributed by atoms with Crippen LogP contribution in [-0.2, 0) is 7.05 Å². The summed E-state index contributed by atoms with van der Waals surface area (Å²) in [5.41, 5.74) is 2.94. The summed E-state index contributed by atoms with van der Waals surface area (Å²) in [5.74, 6) is 1.45. The van der Waals surface area contributed by atoms with E-state index in [1.54, 1.807) is 24.6 Å². The van der Waals surface area contributed by atoms with E-state index in [9.17, 15) is 0 Å². The van der Waals surface area contributed by atoms with Gasteiger partial charge in [-0.25, -0.2) is 0 Å². The van der Waals surface area contributed by atoms with Crippen LogP contribution in [0, 0.1) is 0 Å². The Kier molecular flexibility index (Phi) is 2.86. The summed E-state index contributed by atoms with van der Waals surface area (Å²) < 4.78 is 12.3. The maximum atomic E-state index is 5.26. The van der Waals surface area contributed by atoms with Crippen molar-refractivity contribution >= 4 is 0 Å². The lowest BCUT2D eigenvalue weighted by Gasteiger charge is -2.03. The second-order valence-corrected chi connectivity index (χ2v) is 4.82. The minimum absolute atomic E-state index is 0.367. The Bertz CT molecular complexity index is 906. The van der Waals surface area contributed by atoms with Gasteiger partial charge in [-0.1, -0.05) is 23.4 Å². The topological polar surface area (TPSA) is 69.9 Å². The highest BCUT2D eigenvalue weighted by Crippen LogP contribution is 2.26. The molecular formula is C16H12N4O2. The highest BCUT2D eigenvalue weighted by atomic mass is 16.5. The third-order valence-electron chi connectivity index (χ3n) is 3.40. The lowest BCUT2D eigenvalue weighted by Crippen LogP contribution is -1.93. The molecule has 0 atom stereocenters. The molecule has 0 N–H and O–H groups in total. The SMILES string of the molecule is Cn1nccc1-c1cccc(-c2noc(-c3ccco3)n2)c1. The summed E-state index contributed by atoms with van der Waals surface area (Å²) in [6, 6.07) is 13.5. The second-order valence-electron chi connectivity index (χ2n) is 4.82. The molecule has 108 valence electrons. The van der Waals surface area contributed by atoms with Gasteiger partial charge >= 0.3 is 0 Å². The van der Waals surface area contributed by atoms with Crippen LogP contribution >= 0.6 is 0 Å². The van der Waals surface area contributed by atoms with E-state index in [0.717, 1.165) is 16.8 Å². The van der Waals surface area contributed by atoms with Crippen molar-refractivity contribution in [2.75, 3.05) is 0 Å². The fourth-order valence-electron chi connectivity index (χ4n) is 2.32. The molecule has 0 saturated carbocycles. The van der Waals surface area contributed by atoms with E-state index in [1.807, 2.05) is 42.1 Å². The van der Waals surface area contributed by atoms with Gasteiger partial charge in [-0.05, 0) is 24.3 Å². The first-order valence-corrected chi connectivity index (χ1v) is 6.78. The fourth-order valence-corrected chi connectivity index (χ4v) is 2.32. The zero-order valence-electron chi connectivity index (χ0n) is 11.8. The second kappa shape index (κ2) is 5.00. The zero-order chi connectivity index (χ0) is 14.9. The predicted molar refractivity (Wildman–Crippen MR) is 79.6 cm³/mol. The first kappa shape index (κ1) is 12.6. The third kappa shape index (κ3) is 2.10. The van der Waals surface area contributed by atoms with Crippen LogP contribution in [0.25, 0.3) is 34.3 Å². The minimum Gasteiger partial charge on any atom is -0.459 e. The van der Waals surface area contributed by atoms with Gasteiger partial charge in [0.25, 0.3) is 5.89 Å². The molecule has 0 radical (unpaired) electrons. The molecule has 0 aliphatic rings. The van der Waals surface area contributed by atoms with E-state index in [0.29, 0.717) is 17.5 Å². The van der Waals surface area contributed by atoms with Crippen LogP contribution in [0.4, 0.5) is 0 Å². The Labute approximate surface area is 126 Å². The van der Waals surface area contributed by atoms with E-state index in [-0.39, 0.29) is 0 Å². The molecule has 6 heteroatoms. The summed E-state index contributed by atoms with van der Waals surface area (Å²) in [6.45, 7) is 0. The van der Waals surface area contributed by atoms with Crippen molar-refractivity contribution in [1.29, 1.82) is 0 Å². The molecule has 0 unspecified atom stereocenters. The summed E-state index contributed by atoms with van der Waals surface area (Å²) in [6.07, 6.45) is 3.34. The smallest absolute Gasteiger partial charge is 0.293 e. The van der Waals surface area contributed by atoms with E-state index in [1.165, 1.54) is 0 Å². The van der Waals surface area contributed by atoms with Crippen LogP contribution < -0.4 is 0 Å². The van der Waals surface area contributed by atoms with E-state index in [2.05, 4.69) is 15.2 Å². The first-order chi connectivity index (χ1) is 10.8. The summed E-state index contributed by atoms with van der Waals surface area (Å²) >= 11 is 0. The molecule has 6 nitrogen and oxygen atoms in total. The highest BCUT2D eigenvalue weighted by molar-refractivity contribution is 5.68. The number of benzene rings is 1. The monoisotopic (exact) mass is 292 g/mol. The molecule has 0 fully saturated rings. The van der Waals surface area contributed by atoms with Crippen LogP contribution in [-0.4, -0.2) is 19.9 Å². The Morgan fingerprint density at radius 1 is 1.05 bits per heavy atom. The Balaban J connectivity index is 1.73. The van der Waals surface area contributed by atoms with Crippen molar-refractivity contribution in [3.05, 3.63) is 54.9 Å². The highest BCUT2D eigenvalue weighted by Gasteiger charge is 2.13. The lowest BCUT2D eigenvalue weighted by molar-refractivity contribution is 0.417. The average molecular weight is 292 g/mol. The van der Waals surface area contributed by atoms with Gasteiger partial charge in [-0.3, -0.25) is 4.68 Å². The molecule has 3 aromatic heterocycles. The van der Waals surface area contributed by atoms with Crippen LogP contribution in [0.1, 0.15) is 0 Å². The number of hydrogen-bond donors (Lipinski definition) is 0. The van der Waals surface area contributed by atoms with Crippen LogP contribution in [0.15, 0.2) is 63.9 Å². The van der Waals surface area contributed by atoms with E-state index >= 15 is 0 Å². The van der Waals surface area contributed by atoms with Gasteiger partial charge in [-0.15, -0.1) is 0 Å². The van der Waals surface area contributed by atoms with Gasteiger partial charge < -0.3 is 8.94 Å². The quantitative estimate of drug-likeness (QED) is 0.579. The molecule has 1 aromatic carbocycles. The fraction of sp³-hybridized carbons (Fsp3) is 0.0625. The number of aromatic nitrogens is 4. The zero-order valence-corrected chi connectivity index (χ0v) is 11.8. The van der Waals surface area contributed by atoms with Gasteiger partial charge in [0.1, 0.15) is 0 Å². The van der Waals surface area contributed by atoms with Crippen LogP contribution in [0.3, 0.4) is 0 Å². The number of furan rings is 1. The van der Waals surface area contributed by atoms with Gasteiger partial charge in [-0.2, -0.15) is 10.1 Å². The molecule has 0 saturated heterocycles. The number of rotatable bonds is 3. The normalized spacial score (nSPS) is 11.0. The summed E-state index contributed by atoms with van der Waals surface area (Å²) in [5, 5.41) is 8.21. The number of aryl methyl sites for hydroxylation is 1. The maximum Gasteiger partial charge on any atom is 0.293 e. The first-order valence-electron chi connectivity index (χ1n) is 6.78. The van der Waals surface area contributed by atoms with Gasteiger partial charge in [0, 0.05) is 24.4 Å². The van der Waals surface area contributed by atoms with Crippen molar-refractivity contribution in [3.63, 3.8) is 0 Å². The van der Waals surface area contributed by atoms with Crippen molar-refractivity contribution in [3.8, 4) is 34.3 Å². The molecule has 0 aliphatic carbocycles. The average Bonchev–Trinajstić information content (AvgIpc) is 3.28. The van der Waals surface area contributed by atoms with Crippen LogP contribution in [0.5, 0.6) is 0 Å². The van der Waals surface area contributed by atoms with Crippen LogP contribution in [0.2, 0.25) is 0 Å². The predicted octanol–water partition coefficient (Wildman–Crippen LogP) is 3.40. The largest absolute Gasteiger partial charge is 0.459 e. The Hall–Kier alpha value is -3.15. The Morgan fingerprint density at radius 3 is 2.73 bits per heavy atom. The third-order valence-corrected chi connectivity index (χ3v) is 3.40. The van der Waals surface area contributed by atoms with E-state index in [4.69, 9.17) is 8.94 Å². The minimum atomic E-state index is 0.367. The lowest BCUT2D eigenvalue weighted by atomic mass is 10.1. The maximum absolute atomic E-state index is 5.26. The van der Waals surface area contributed by atoms with Crippen molar-refractivity contribution in [1.82, 2.24) is 19.9 Å².